The molecule has 1 aliphatic heterocycles. The molecule has 134 valence electrons. The van der Waals surface area contributed by atoms with Crippen molar-refractivity contribution in [1.29, 1.82) is 0 Å². The van der Waals surface area contributed by atoms with Gasteiger partial charge in [0.15, 0.2) is 11.4 Å². The van der Waals surface area contributed by atoms with Crippen LogP contribution in [0.4, 0.5) is 0 Å². The van der Waals surface area contributed by atoms with Crippen LogP contribution in [0, 0.1) is 34.5 Å². The molecule has 9 atom stereocenters. The van der Waals surface area contributed by atoms with Crippen LogP contribution >= 0.6 is 0 Å². The Bertz CT molecular complexity index is 588. The molecule has 0 amide bonds. The van der Waals surface area contributed by atoms with Gasteiger partial charge in [0.2, 0.25) is 0 Å². The highest BCUT2D eigenvalue weighted by Crippen LogP contribution is 2.73. The van der Waals surface area contributed by atoms with Gasteiger partial charge in [0.1, 0.15) is 0 Å². The second-order valence-electron chi connectivity index (χ2n) is 10.2. The van der Waals surface area contributed by atoms with E-state index in [1.165, 1.54) is 25.7 Å². The van der Waals surface area contributed by atoms with Gasteiger partial charge < -0.3 is 9.84 Å². The number of aliphatic hydroxyl groups excluding tert-OH is 1. The lowest BCUT2D eigenvalue weighted by Crippen LogP contribution is -2.56. The summed E-state index contributed by atoms with van der Waals surface area (Å²) >= 11 is 0. The highest BCUT2D eigenvalue weighted by Gasteiger charge is 2.79. The van der Waals surface area contributed by atoms with E-state index in [1.54, 1.807) is 6.92 Å². The maximum atomic E-state index is 12.4. The van der Waals surface area contributed by atoms with Crippen LogP contribution in [-0.4, -0.2) is 28.7 Å². The van der Waals surface area contributed by atoms with Gasteiger partial charge in [-0.3, -0.25) is 4.79 Å². The number of fused-ring (bicyclic) bond motifs is 7. The summed E-state index contributed by atoms with van der Waals surface area (Å²) in [5.41, 5.74) is 0.0612. The molecular formula is C21H32O3. The standard InChI is InChI=1S/C21H32O3/c1-12(22)21-18(24-21)11-17-15-5-4-13-10-14(23)6-8-19(13,2)16(15)7-9-20(17,21)3/h13-18,23H,4-11H2,1-3H3/t13-,14+,15-,16+,17+,18-,19+,20+,21-/m1/s1. The van der Waals surface area contributed by atoms with Crippen molar-refractivity contribution >= 4 is 5.78 Å². The maximum absolute atomic E-state index is 12.4. The number of epoxide rings is 1. The van der Waals surface area contributed by atoms with Crippen LogP contribution in [0.1, 0.15) is 72.1 Å². The zero-order chi connectivity index (χ0) is 16.9. The molecule has 1 N–H and O–H groups in total. The molecule has 0 bridgehead atoms. The van der Waals surface area contributed by atoms with Gasteiger partial charge in [0.05, 0.1) is 12.2 Å². The molecule has 3 heteroatoms. The molecule has 0 aromatic heterocycles. The van der Waals surface area contributed by atoms with E-state index < -0.39 is 5.60 Å². The molecule has 5 rings (SSSR count). The van der Waals surface area contributed by atoms with Crippen LogP contribution in [0.25, 0.3) is 0 Å². The zero-order valence-electron chi connectivity index (χ0n) is 15.4. The monoisotopic (exact) mass is 332 g/mol. The summed E-state index contributed by atoms with van der Waals surface area (Å²) in [6.07, 6.45) is 9.45. The Morgan fingerprint density at radius 2 is 1.83 bits per heavy atom. The van der Waals surface area contributed by atoms with E-state index in [4.69, 9.17) is 4.74 Å². The summed E-state index contributed by atoms with van der Waals surface area (Å²) in [4.78, 5) is 12.4. The quantitative estimate of drug-likeness (QED) is 0.745. The molecule has 5 fully saturated rings. The van der Waals surface area contributed by atoms with Crippen molar-refractivity contribution in [3.63, 3.8) is 0 Å². The Balaban J connectivity index is 1.47. The van der Waals surface area contributed by atoms with Crippen molar-refractivity contribution in [3.05, 3.63) is 0 Å². The summed E-state index contributed by atoms with van der Waals surface area (Å²) in [5.74, 6) is 3.22. The van der Waals surface area contributed by atoms with E-state index in [-0.39, 0.29) is 23.4 Å². The third-order valence-electron chi connectivity index (χ3n) is 9.59. The van der Waals surface area contributed by atoms with Gasteiger partial charge in [-0.05, 0) is 87.4 Å². The lowest BCUT2D eigenvalue weighted by Gasteiger charge is -2.61. The fourth-order valence-electron chi connectivity index (χ4n) is 8.30. The number of aliphatic hydroxyl groups is 1. The fraction of sp³-hybridized carbons (Fsp3) is 0.952. The number of carbonyl (C=O) groups is 1. The highest BCUT2D eigenvalue weighted by atomic mass is 16.6. The Hall–Kier alpha value is -0.410. The largest absolute Gasteiger partial charge is 0.393 e. The first kappa shape index (κ1) is 15.8. The first-order chi connectivity index (χ1) is 11.3. The SMILES string of the molecule is CC(=O)[C@@]12O[C@@H]1C[C@H]1[C@@H]3CC[C@@H]4C[C@@H](O)CC[C@]4(C)[C@H]3CC[C@@]12C. The fourth-order valence-corrected chi connectivity index (χ4v) is 8.30. The maximum Gasteiger partial charge on any atom is 0.164 e. The minimum absolute atomic E-state index is 0.0676. The van der Waals surface area contributed by atoms with E-state index in [2.05, 4.69) is 13.8 Å². The molecular weight excluding hydrogens is 300 g/mol. The van der Waals surface area contributed by atoms with E-state index in [0.717, 1.165) is 37.5 Å². The predicted octanol–water partition coefficient (Wildman–Crippen LogP) is 3.73. The van der Waals surface area contributed by atoms with E-state index in [1.807, 2.05) is 0 Å². The van der Waals surface area contributed by atoms with Crippen LogP contribution in [-0.2, 0) is 9.53 Å². The van der Waals surface area contributed by atoms with Crippen LogP contribution in [0.5, 0.6) is 0 Å². The lowest BCUT2D eigenvalue weighted by atomic mass is 9.44. The van der Waals surface area contributed by atoms with Gasteiger partial charge in [-0.2, -0.15) is 0 Å². The Morgan fingerprint density at radius 1 is 1.04 bits per heavy atom. The van der Waals surface area contributed by atoms with Crippen molar-refractivity contribution < 1.29 is 14.6 Å². The van der Waals surface area contributed by atoms with Crippen LogP contribution in [0.2, 0.25) is 0 Å². The molecule has 3 nitrogen and oxygen atoms in total. The Kier molecular flexibility index (Phi) is 3.06. The number of Topliss-reactive ketones (excluding diaryl/α,β-unsaturated/α-hetero) is 1. The summed E-state index contributed by atoms with van der Waals surface area (Å²) in [7, 11) is 0. The van der Waals surface area contributed by atoms with Crippen LogP contribution in [0.15, 0.2) is 0 Å². The summed E-state index contributed by atoms with van der Waals surface area (Å²) in [6, 6.07) is 0. The molecule has 4 aliphatic carbocycles. The molecule has 1 saturated heterocycles. The molecule has 0 spiro atoms. The molecule has 0 aromatic rings. The third kappa shape index (κ3) is 1.65. The smallest absolute Gasteiger partial charge is 0.164 e. The second-order valence-corrected chi connectivity index (χ2v) is 10.2. The van der Waals surface area contributed by atoms with Crippen LogP contribution in [0.3, 0.4) is 0 Å². The van der Waals surface area contributed by atoms with E-state index >= 15 is 0 Å². The first-order valence-electron chi connectivity index (χ1n) is 10.2. The highest BCUT2D eigenvalue weighted by molar-refractivity contribution is 5.90. The number of ketones is 1. The molecule has 24 heavy (non-hydrogen) atoms. The van der Waals surface area contributed by atoms with Gasteiger partial charge in [-0.25, -0.2) is 0 Å². The molecule has 1 heterocycles. The van der Waals surface area contributed by atoms with Crippen molar-refractivity contribution in [3.8, 4) is 0 Å². The zero-order valence-corrected chi connectivity index (χ0v) is 15.4. The topological polar surface area (TPSA) is 49.8 Å². The van der Waals surface area contributed by atoms with Gasteiger partial charge >= 0.3 is 0 Å². The van der Waals surface area contributed by atoms with Crippen LogP contribution < -0.4 is 0 Å². The minimum Gasteiger partial charge on any atom is -0.393 e. The number of hydrogen-bond acceptors (Lipinski definition) is 3. The minimum atomic E-state index is -0.427. The number of hydrogen-bond donors (Lipinski definition) is 1. The number of carbonyl (C=O) groups excluding carboxylic acids is 1. The van der Waals surface area contributed by atoms with Crippen molar-refractivity contribution in [2.45, 2.75) is 89.9 Å². The average molecular weight is 332 g/mol. The number of rotatable bonds is 1. The first-order valence-corrected chi connectivity index (χ1v) is 10.2. The predicted molar refractivity (Wildman–Crippen MR) is 91.4 cm³/mol. The summed E-state index contributed by atoms with van der Waals surface area (Å²) < 4.78 is 6.02. The van der Waals surface area contributed by atoms with Gasteiger partial charge in [0, 0.05) is 5.41 Å². The molecule has 0 unspecified atom stereocenters. The van der Waals surface area contributed by atoms with E-state index in [9.17, 15) is 9.90 Å². The van der Waals surface area contributed by atoms with Gasteiger partial charge in [0.25, 0.3) is 0 Å². The van der Waals surface area contributed by atoms with Crippen molar-refractivity contribution in [1.82, 2.24) is 0 Å². The average Bonchev–Trinajstić information content (AvgIpc) is 3.21. The third-order valence-corrected chi connectivity index (χ3v) is 9.59. The second kappa shape index (κ2) is 4.65. The molecule has 0 radical (unpaired) electrons. The Morgan fingerprint density at radius 3 is 2.58 bits per heavy atom. The van der Waals surface area contributed by atoms with Crippen molar-refractivity contribution in [2.24, 2.45) is 34.5 Å². The van der Waals surface area contributed by atoms with Gasteiger partial charge in [-0.15, -0.1) is 0 Å². The summed E-state index contributed by atoms with van der Waals surface area (Å²) in [6.45, 7) is 6.64. The molecule has 4 saturated carbocycles. The van der Waals surface area contributed by atoms with Crippen molar-refractivity contribution in [2.75, 3.05) is 0 Å². The normalized spacial score (nSPS) is 61.3. The Labute approximate surface area is 145 Å². The van der Waals surface area contributed by atoms with E-state index in [0.29, 0.717) is 17.3 Å². The summed E-state index contributed by atoms with van der Waals surface area (Å²) in [5, 5.41) is 10.1. The number of ether oxygens (including phenoxy) is 1. The van der Waals surface area contributed by atoms with Gasteiger partial charge in [-0.1, -0.05) is 13.8 Å². The lowest BCUT2D eigenvalue weighted by molar-refractivity contribution is -0.151. The molecule has 5 aliphatic rings. The molecule has 0 aromatic carbocycles.